The maximum atomic E-state index is 5.88. The van der Waals surface area contributed by atoms with Gasteiger partial charge in [-0.2, -0.15) is 0 Å². The van der Waals surface area contributed by atoms with E-state index < -0.39 is 0 Å². The van der Waals surface area contributed by atoms with Crippen LogP contribution in [0.1, 0.15) is 46.0 Å². The minimum absolute atomic E-state index is 0.443. The van der Waals surface area contributed by atoms with Crippen LogP contribution >= 0.6 is 11.6 Å². The lowest BCUT2D eigenvalue weighted by molar-refractivity contribution is 0.563. The zero-order valence-corrected chi connectivity index (χ0v) is 11.4. The summed E-state index contributed by atoms with van der Waals surface area (Å²) >= 11 is 5.88. The highest BCUT2D eigenvalue weighted by atomic mass is 35.5. The third kappa shape index (κ3) is 5.26. The smallest absolute Gasteiger partial charge is 0.133 e. The Morgan fingerprint density at radius 1 is 1.29 bits per heavy atom. The van der Waals surface area contributed by atoms with Gasteiger partial charge in [0.25, 0.3) is 0 Å². The summed E-state index contributed by atoms with van der Waals surface area (Å²) in [5.41, 5.74) is 6.40. The van der Waals surface area contributed by atoms with E-state index in [1.807, 2.05) is 6.07 Å². The van der Waals surface area contributed by atoms with Gasteiger partial charge in [0.1, 0.15) is 11.0 Å². The normalized spacial score (nSPS) is 12.4. The Morgan fingerprint density at radius 3 is 2.65 bits per heavy atom. The van der Waals surface area contributed by atoms with Crippen molar-refractivity contribution >= 4 is 23.1 Å². The van der Waals surface area contributed by atoms with Crippen molar-refractivity contribution in [1.82, 2.24) is 4.98 Å². The number of aromatic nitrogens is 1. The lowest BCUT2D eigenvalue weighted by atomic mass is 10.1. The van der Waals surface area contributed by atoms with Crippen LogP contribution in [0.3, 0.4) is 0 Å². The molecule has 0 bridgehead atoms. The van der Waals surface area contributed by atoms with Gasteiger partial charge in [0, 0.05) is 17.8 Å². The first kappa shape index (κ1) is 14.1. The van der Waals surface area contributed by atoms with E-state index in [4.69, 9.17) is 17.3 Å². The minimum atomic E-state index is 0.443. The van der Waals surface area contributed by atoms with Crippen molar-refractivity contribution in [3.05, 3.63) is 17.3 Å². The lowest BCUT2D eigenvalue weighted by Gasteiger charge is -2.18. The SMILES string of the molecule is CCCCC(CCC)Nc1cc(N)cc(Cl)n1. The number of hydrogen-bond donors (Lipinski definition) is 2. The predicted molar refractivity (Wildman–Crippen MR) is 75.5 cm³/mol. The topological polar surface area (TPSA) is 50.9 Å². The number of anilines is 2. The number of halogens is 1. The Kier molecular flexibility index (Phi) is 6.12. The molecule has 0 aliphatic rings. The van der Waals surface area contributed by atoms with Gasteiger partial charge in [0.2, 0.25) is 0 Å². The molecule has 1 rings (SSSR count). The van der Waals surface area contributed by atoms with Gasteiger partial charge in [0.15, 0.2) is 0 Å². The molecule has 3 nitrogen and oxygen atoms in total. The average Bonchev–Trinajstić information content (AvgIpc) is 2.24. The molecule has 1 unspecified atom stereocenters. The Morgan fingerprint density at radius 2 is 2.06 bits per heavy atom. The van der Waals surface area contributed by atoms with Gasteiger partial charge in [-0.3, -0.25) is 0 Å². The van der Waals surface area contributed by atoms with Gasteiger partial charge in [0.05, 0.1) is 0 Å². The first-order valence-electron chi connectivity index (χ1n) is 6.35. The molecule has 4 heteroatoms. The van der Waals surface area contributed by atoms with Crippen LogP contribution < -0.4 is 11.1 Å². The summed E-state index contributed by atoms with van der Waals surface area (Å²) in [5, 5.41) is 3.86. The van der Waals surface area contributed by atoms with Crippen molar-refractivity contribution in [2.75, 3.05) is 11.1 Å². The Bertz CT molecular complexity index is 321. The van der Waals surface area contributed by atoms with E-state index >= 15 is 0 Å². The fourth-order valence-corrected chi connectivity index (χ4v) is 2.10. The molecule has 1 aromatic heterocycles. The van der Waals surface area contributed by atoms with E-state index in [0.29, 0.717) is 16.9 Å². The molecule has 0 saturated carbocycles. The van der Waals surface area contributed by atoms with Crippen molar-refractivity contribution in [3.63, 3.8) is 0 Å². The number of rotatable bonds is 7. The summed E-state index contributed by atoms with van der Waals surface area (Å²) in [4.78, 5) is 4.24. The second-order valence-electron chi connectivity index (χ2n) is 4.38. The van der Waals surface area contributed by atoms with Gasteiger partial charge in [-0.25, -0.2) is 4.98 Å². The standard InChI is InChI=1S/C13H22ClN3/c1-3-5-7-11(6-4-2)16-13-9-10(15)8-12(14)17-13/h8-9,11H,3-7H2,1-2H3,(H3,15,16,17). The van der Waals surface area contributed by atoms with E-state index in [1.165, 1.54) is 19.3 Å². The molecule has 0 aliphatic heterocycles. The highest BCUT2D eigenvalue weighted by molar-refractivity contribution is 6.29. The minimum Gasteiger partial charge on any atom is -0.399 e. The Labute approximate surface area is 109 Å². The van der Waals surface area contributed by atoms with Crippen molar-refractivity contribution in [3.8, 4) is 0 Å². The summed E-state index contributed by atoms with van der Waals surface area (Å²) in [6.07, 6.45) is 5.92. The molecule has 0 spiro atoms. The first-order chi connectivity index (χ1) is 8.15. The molecule has 0 saturated heterocycles. The third-order valence-electron chi connectivity index (χ3n) is 2.71. The van der Waals surface area contributed by atoms with E-state index in [9.17, 15) is 0 Å². The highest BCUT2D eigenvalue weighted by Crippen LogP contribution is 2.19. The number of unbranched alkanes of at least 4 members (excludes halogenated alkanes) is 1. The fraction of sp³-hybridized carbons (Fsp3) is 0.615. The molecular formula is C13H22ClN3. The molecule has 1 atom stereocenters. The zero-order chi connectivity index (χ0) is 12.7. The molecular weight excluding hydrogens is 234 g/mol. The lowest BCUT2D eigenvalue weighted by Crippen LogP contribution is -2.20. The van der Waals surface area contributed by atoms with Crippen LogP contribution in [-0.4, -0.2) is 11.0 Å². The van der Waals surface area contributed by atoms with Crippen LogP contribution in [0.25, 0.3) is 0 Å². The van der Waals surface area contributed by atoms with Crippen LogP contribution in [0, 0.1) is 0 Å². The highest BCUT2D eigenvalue weighted by Gasteiger charge is 2.08. The first-order valence-corrected chi connectivity index (χ1v) is 6.73. The van der Waals surface area contributed by atoms with Crippen LogP contribution in [0.15, 0.2) is 12.1 Å². The molecule has 0 radical (unpaired) electrons. The quantitative estimate of drug-likeness (QED) is 0.722. The van der Waals surface area contributed by atoms with E-state index in [2.05, 4.69) is 24.1 Å². The fourth-order valence-electron chi connectivity index (χ4n) is 1.89. The van der Waals surface area contributed by atoms with Crippen LogP contribution in [0.4, 0.5) is 11.5 Å². The molecule has 0 aromatic carbocycles. The maximum Gasteiger partial charge on any atom is 0.133 e. The van der Waals surface area contributed by atoms with Crippen molar-refractivity contribution in [2.45, 2.75) is 52.0 Å². The number of nitrogen functional groups attached to an aromatic ring is 1. The van der Waals surface area contributed by atoms with Crippen LogP contribution in [0.5, 0.6) is 0 Å². The third-order valence-corrected chi connectivity index (χ3v) is 2.91. The number of nitrogens with one attached hydrogen (secondary N) is 1. The zero-order valence-electron chi connectivity index (χ0n) is 10.7. The molecule has 3 N–H and O–H groups in total. The second-order valence-corrected chi connectivity index (χ2v) is 4.77. The molecule has 0 amide bonds. The maximum absolute atomic E-state index is 5.88. The van der Waals surface area contributed by atoms with Gasteiger partial charge < -0.3 is 11.1 Å². The predicted octanol–water partition coefficient (Wildman–Crippen LogP) is 4.09. The van der Waals surface area contributed by atoms with E-state index in [1.54, 1.807) is 6.07 Å². The summed E-state index contributed by atoms with van der Waals surface area (Å²) in [5.74, 6) is 0.782. The van der Waals surface area contributed by atoms with Gasteiger partial charge in [-0.1, -0.05) is 44.7 Å². The number of pyridine rings is 1. The summed E-state index contributed by atoms with van der Waals surface area (Å²) in [7, 11) is 0. The molecule has 1 heterocycles. The van der Waals surface area contributed by atoms with Gasteiger partial charge in [-0.15, -0.1) is 0 Å². The molecule has 1 aromatic rings. The van der Waals surface area contributed by atoms with Crippen molar-refractivity contribution < 1.29 is 0 Å². The number of nitrogens with two attached hydrogens (primary N) is 1. The number of hydrogen-bond acceptors (Lipinski definition) is 3. The second kappa shape index (κ2) is 7.38. The van der Waals surface area contributed by atoms with Crippen LogP contribution in [-0.2, 0) is 0 Å². The molecule has 96 valence electrons. The molecule has 0 fully saturated rings. The largest absolute Gasteiger partial charge is 0.399 e. The summed E-state index contributed by atoms with van der Waals surface area (Å²) in [6.45, 7) is 4.40. The van der Waals surface area contributed by atoms with Gasteiger partial charge >= 0.3 is 0 Å². The Hall–Kier alpha value is -0.960. The van der Waals surface area contributed by atoms with Crippen LogP contribution in [0.2, 0.25) is 5.15 Å². The van der Waals surface area contributed by atoms with Gasteiger partial charge in [-0.05, 0) is 18.9 Å². The number of nitrogens with zero attached hydrogens (tertiary/aromatic N) is 1. The summed E-state index contributed by atoms with van der Waals surface area (Å²) in [6, 6.07) is 3.96. The van der Waals surface area contributed by atoms with Crippen molar-refractivity contribution in [1.29, 1.82) is 0 Å². The Balaban J connectivity index is 2.63. The molecule has 0 aliphatic carbocycles. The average molecular weight is 256 g/mol. The van der Waals surface area contributed by atoms with Crippen molar-refractivity contribution in [2.24, 2.45) is 0 Å². The van der Waals surface area contributed by atoms with E-state index in [0.717, 1.165) is 18.7 Å². The monoisotopic (exact) mass is 255 g/mol. The summed E-state index contributed by atoms with van der Waals surface area (Å²) < 4.78 is 0. The van der Waals surface area contributed by atoms with E-state index in [-0.39, 0.29) is 0 Å². The molecule has 17 heavy (non-hydrogen) atoms.